The predicted molar refractivity (Wildman–Crippen MR) is 67.0 cm³/mol. The molecule has 0 N–H and O–H groups in total. The Kier molecular flexibility index (Phi) is 4.68. The summed E-state index contributed by atoms with van der Waals surface area (Å²) in [6, 6.07) is 2.41. The van der Waals surface area contributed by atoms with Gasteiger partial charge in [0.05, 0.1) is 5.02 Å². The van der Waals surface area contributed by atoms with Gasteiger partial charge < -0.3 is 4.90 Å². The largest absolute Gasteiger partial charge is 0.357 e. The highest BCUT2D eigenvalue weighted by atomic mass is 35.5. The molecule has 1 aromatic heterocycles. The molecule has 0 aliphatic rings. The van der Waals surface area contributed by atoms with Crippen molar-refractivity contribution in [2.45, 2.75) is 32.2 Å². The minimum absolute atomic E-state index is 0.419. The zero-order valence-electron chi connectivity index (χ0n) is 9.30. The van der Waals surface area contributed by atoms with Crippen molar-refractivity contribution in [3.8, 4) is 0 Å². The van der Waals surface area contributed by atoms with Crippen LogP contribution < -0.4 is 4.90 Å². The molecule has 0 aliphatic heterocycles. The SMILES string of the molecule is CCC(C)N(C)c1cc(CCl)c(Cl)cn1. The Bertz CT molecular complexity index is 328. The first kappa shape index (κ1) is 12.6. The molecule has 2 nitrogen and oxygen atoms in total. The van der Waals surface area contributed by atoms with E-state index in [0.717, 1.165) is 17.8 Å². The van der Waals surface area contributed by atoms with Crippen molar-refractivity contribution in [1.82, 2.24) is 4.98 Å². The number of nitrogens with zero attached hydrogens (tertiary/aromatic N) is 2. The standard InChI is InChI=1S/C11H16Cl2N2/c1-4-8(2)15(3)11-5-9(6-12)10(13)7-14-11/h5,7-8H,4,6H2,1-3H3. The van der Waals surface area contributed by atoms with Crippen molar-refractivity contribution in [3.63, 3.8) is 0 Å². The second-order valence-corrected chi connectivity index (χ2v) is 4.31. The Morgan fingerprint density at radius 3 is 2.73 bits per heavy atom. The smallest absolute Gasteiger partial charge is 0.128 e. The third kappa shape index (κ3) is 2.99. The van der Waals surface area contributed by atoms with Gasteiger partial charge in [-0.3, -0.25) is 0 Å². The summed E-state index contributed by atoms with van der Waals surface area (Å²) < 4.78 is 0. The van der Waals surface area contributed by atoms with E-state index in [0.29, 0.717) is 16.9 Å². The Balaban J connectivity index is 2.95. The number of pyridine rings is 1. The van der Waals surface area contributed by atoms with Crippen molar-refractivity contribution < 1.29 is 0 Å². The third-order valence-electron chi connectivity index (χ3n) is 2.68. The van der Waals surface area contributed by atoms with E-state index in [-0.39, 0.29) is 0 Å². The Labute approximate surface area is 101 Å². The molecule has 4 heteroatoms. The van der Waals surface area contributed by atoms with E-state index >= 15 is 0 Å². The number of hydrogen-bond acceptors (Lipinski definition) is 2. The van der Waals surface area contributed by atoms with Gasteiger partial charge in [-0.15, -0.1) is 11.6 Å². The van der Waals surface area contributed by atoms with Crippen LogP contribution in [-0.4, -0.2) is 18.1 Å². The number of anilines is 1. The van der Waals surface area contributed by atoms with E-state index in [9.17, 15) is 0 Å². The summed E-state index contributed by atoms with van der Waals surface area (Å²) in [5.74, 6) is 1.34. The zero-order valence-corrected chi connectivity index (χ0v) is 10.8. The van der Waals surface area contributed by atoms with E-state index in [4.69, 9.17) is 23.2 Å². The van der Waals surface area contributed by atoms with Gasteiger partial charge in [0.25, 0.3) is 0 Å². The van der Waals surface area contributed by atoms with Gasteiger partial charge in [0.2, 0.25) is 0 Å². The monoisotopic (exact) mass is 246 g/mol. The summed E-state index contributed by atoms with van der Waals surface area (Å²) in [5, 5.41) is 0.631. The lowest BCUT2D eigenvalue weighted by molar-refractivity contribution is 0.656. The zero-order chi connectivity index (χ0) is 11.4. The summed E-state index contributed by atoms with van der Waals surface area (Å²) >= 11 is 11.7. The molecule has 0 amide bonds. The molecule has 15 heavy (non-hydrogen) atoms. The van der Waals surface area contributed by atoms with Crippen LogP contribution in [-0.2, 0) is 5.88 Å². The highest BCUT2D eigenvalue weighted by Crippen LogP contribution is 2.22. The molecule has 0 saturated heterocycles. The lowest BCUT2D eigenvalue weighted by atomic mass is 10.2. The summed E-state index contributed by atoms with van der Waals surface area (Å²) in [4.78, 5) is 6.42. The van der Waals surface area contributed by atoms with Crippen molar-refractivity contribution in [2.24, 2.45) is 0 Å². The number of alkyl halides is 1. The van der Waals surface area contributed by atoms with Crippen LogP contribution in [0.3, 0.4) is 0 Å². The van der Waals surface area contributed by atoms with Crippen molar-refractivity contribution in [2.75, 3.05) is 11.9 Å². The maximum Gasteiger partial charge on any atom is 0.128 e. The minimum atomic E-state index is 0.419. The molecule has 84 valence electrons. The van der Waals surface area contributed by atoms with Gasteiger partial charge in [-0.05, 0) is 25.0 Å². The van der Waals surface area contributed by atoms with Gasteiger partial charge in [-0.2, -0.15) is 0 Å². The summed E-state index contributed by atoms with van der Waals surface area (Å²) in [6.45, 7) is 4.32. The van der Waals surface area contributed by atoms with Crippen LogP contribution >= 0.6 is 23.2 Å². The van der Waals surface area contributed by atoms with Gasteiger partial charge >= 0.3 is 0 Å². The molecule has 1 unspecified atom stereocenters. The Morgan fingerprint density at radius 1 is 1.53 bits per heavy atom. The average molecular weight is 247 g/mol. The van der Waals surface area contributed by atoms with Crippen molar-refractivity contribution >= 4 is 29.0 Å². The fourth-order valence-corrected chi connectivity index (χ4v) is 1.72. The normalized spacial score (nSPS) is 12.6. The van der Waals surface area contributed by atoms with Crippen LogP contribution in [0.25, 0.3) is 0 Å². The lowest BCUT2D eigenvalue weighted by Gasteiger charge is -2.25. The quantitative estimate of drug-likeness (QED) is 0.754. The van der Waals surface area contributed by atoms with Crippen LogP contribution in [0.2, 0.25) is 5.02 Å². The topological polar surface area (TPSA) is 16.1 Å². The maximum absolute atomic E-state index is 5.95. The van der Waals surface area contributed by atoms with E-state index in [1.165, 1.54) is 0 Å². The maximum atomic E-state index is 5.95. The second kappa shape index (κ2) is 5.57. The summed E-state index contributed by atoms with van der Waals surface area (Å²) in [7, 11) is 2.03. The summed E-state index contributed by atoms with van der Waals surface area (Å²) in [5.41, 5.74) is 0.929. The average Bonchev–Trinajstić information content (AvgIpc) is 2.27. The number of aromatic nitrogens is 1. The van der Waals surface area contributed by atoms with Crippen LogP contribution in [0.15, 0.2) is 12.3 Å². The molecule has 1 aromatic rings. The van der Waals surface area contributed by atoms with Gasteiger partial charge in [-0.25, -0.2) is 4.98 Å². The molecule has 0 spiro atoms. The van der Waals surface area contributed by atoms with Crippen LogP contribution in [0.4, 0.5) is 5.82 Å². The first-order chi connectivity index (χ1) is 7.10. The Hall–Kier alpha value is -0.470. The molecule has 0 aromatic carbocycles. The molecular formula is C11H16Cl2N2. The van der Waals surface area contributed by atoms with E-state index in [1.54, 1.807) is 6.20 Å². The van der Waals surface area contributed by atoms with Crippen LogP contribution in [0, 0.1) is 0 Å². The highest BCUT2D eigenvalue weighted by molar-refractivity contribution is 6.32. The fourth-order valence-electron chi connectivity index (χ4n) is 1.26. The van der Waals surface area contributed by atoms with Crippen LogP contribution in [0.5, 0.6) is 0 Å². The van der Waals surface area contributed by atoms with Crippen molar-refractivity contribution in [1.29, 1.82) is 0 Å². The minimum Gasteiger partial charge on any atom is -0.357 e. The molecule has 0 bridgehead atoms. The Morgan fingerprint density at radius 2 is 2.20 bits per heavy atom. The molecule has 0 fully saturated rings. The first-order valence-electron chi connectivity index (χ1n) is 5.03. The van der Waals surface area contributed by atoms with E-state index in [1.807, 2.05) is 13.1 Å². The van der Waals surface area contributed by atoms with Gasteiger partial charge in [-0.1, -0.05) is 18.5 Å². The van der Waals surface area contributed by atoms with Gasteiger partial charge in [0.1, 0.15) is 5.82 Å². The molecule has 1 atom stereocenters. The lowest BCUT2D eigenvalue weighted by Crippen LogP contribution is -2.28. The van der Waals surface area contributed by atoms with Crippen LogP contribution in [0.1, 0.15) is 25.8 Å². The van der Waals surface area contributed by atoms with Gasteiger partial charge in [0, 0.05) is 25.2 Å². The number of halogens is 2. The molecule has 0 radical (unpaired) electrons. The molecular weight excluding hydrogens is 231 g/mol. The predicted octanol–water partition coefficient (Wildman–Crippen LogP) is 3.71. The molecule has 0 aliphatic carbocycles. The first-order valence-corrected chi connectivity index (χ1v) is 5.94. The third-order valence-corrected chi connectivity index (χ3v) is 3.31. The second-order valence-electron chi connectivity index (χ2n) is 3.64. The number of hydrogen-bond donors (Lipinski definition) is 0. The van der Waals surface area contributed by atoms with Gasteiger partial charge in [0.15, 0.2) is 0 Å². The molecule has 0 saturated carbocycles. The van der Waals surface area contributed by atoms with E-state index < -0.39 is 0 Å². The molecule has 1 heterocycles. The fraction of sp³-hybridized carbons (Fsp3) is 0.545. The highest BCUT2D eigenvalue weighted by Gasteiger charge is 2.10. The molecule has 1 rings (SSSR count). The van der Waals surface area contributed by atoms with Crippen molar-refractivity contribution in [3.05, 3.63) is 22.8 Å². The number of rotatable bonds is 4. The van der Waals surface area contributed by atoms with E-state index in [2.05, 4.69) is 23.7 Å². The summed E-state index contributed by atoms with van der Waals surface area (Å²) in [6.07, 6.45) is 2.74.